The highest BCUT2D eigenvalue weighted by Gasteiger charge is 2.27. The first-order valence-electron chi connectivity index (χ1n) is 8.23. The molecule has 0 spiro atoms. The van der Waals surface area contributed by atoms with Gasteiger partial charge in [0.15, 0.2) is 0 Å². The Hall–Kier alpha value is -1.14. The van der Waals surface area contributed by atoms with Gasteiger partial charge < -0.3 is 11.1 Å². The number of aryl methyl sites for hydroxylation is 1. The molecule has 4 nitrogen and oxygen atoms in total. The monoisotopic (exact) mass is 401 g/mol. The fraction of sp³-hybridized carbons (Fsp3) is 0.444. The number of hydrogen-bond donors (Lipinski definition) is 2. The summed E-state index contributed by atoms with van der Waals surface area (Å²) in [6, 6.07) is 10.2. The lowest BCUT2D eigenvalue weighted by Gasteiger charge is -2.31. The van der Waals surface area contributed by atoms with Gasteiger partial charge in [-0.05, 0) is 32.2 Å². The van der Waals surface area contributed by atoms with Gasteiger partial charge in [0.2, 0.25) is 0 Å². The van der Waals surface area contributed by atoms with E-state index in [1.165, 1.54) is 24.2 Å². The molecule has 2 unspecified atom stereocenters. The van der Waals surface area contributed by atoms with Crippen LogP contribution in [0.15, 0.2) is 30.3 Å². The van der Waals surface area contributed by atoms with Crippen molar-refractivity contribution in [1.82, 2.24) is 10.3 Å². The van der Waals surface area contributed by atoms with Crippen LogP contribution in [-0.2, 0) is 0 Å². The molecule has 2 atom stereocenters. The Morgan fingerprint density at radius 3 is 2.60 bits per heavy atom. The van der Waals surface area contributed by atoms with Gasteiger partial charge in [-0.3, -0.25) is 4.79 Å². The fourth-order valence-electron chi connectivity index (χ4n) is 3.23. The minimum atomic E-state index is -0.00692. The van der Waals surface area contributed by atoms with Crippen LogP contribution in [0.5, 0.6) is 0 Å². The Balaban J connectivity index is 0.00000156. The van der Waals surface area contributed by atoms with Crippen LogP contribution >= 0.6 is 36.2 Å². The van der Waals surface area contributed by atoms with Gasteiger partial charge >= 0.3 is 0 Å². The zero-order chi connectivity index (χ0) is 16.2. The lowest BCUT2D eigenvalue weighted by atomic mass is 9.84. The van der Waals surface area contributed by atoms with Gasteiger partial charge in [-0.1, -0.05) is 43.2 Å². The van der Waals surface area contributed by atoms with Crippen molar-refractivity contribution < 1.29 is 4.79 Å². The number of carbonyl (C=O) groups is 1. The zero-order valence-electron chi connectivity index (χ0n) is 14.2. The fourth-order valence-corrected chi connectivity index (χ4v) is 4.20. The van der Waals surface area contributed by atoms with E-state index in [0.717, 1.165) is 29.1 Å². The van der Waals surface area contributed by atoms with Gasteiger partial charge in [-0.15, -0.1) is 36.2 Å². The van der Waals surface area contributed by atoms with E-state index in [0.29, 0.717) is 17.3 Å². The molecule has 0 bridgehead atoms. The molecule has 3 rings (SSSR count). The molecule has 0 radical (unpaired) electrons. The summed E-state index contributed by atoms with van der Waals surface area (Å²) in [4.78, 5) is 17.9. The molecule has 2 aromatic rings. The quantitative estimate of drug-likeness (QED) is 0.805. The average molecular weight is 402 g/mol. The van der Waals surface area contributed by atoms with Crippen LogP contribution in [0.2, 0.25) is 0 Å². The first-order chi connectivity index (χ1) is 11.2. The molecule has 1 saturated carbocycles. The normalized spacial score (nSPS) is 19.4. The number of halogens is 2. The van der Waals surface area contributed by atoms with Crippen molar-refractivity contribution in [2.24, 2.45) is 11.7 Å². The van der Waals surface area contributed by atoms with Crippen molar-refractivity contribution >= 4 is 42.1 Å². The molecule has 7 heteroatoms. The van der Waals surface area contributed by atoms with Gasteiger partial charge in [-0.2, -0.15) is 0 Å². The maximum atomic E-state index is 12.7. The number of thiazole rings is 1. The number of nitrogens with zero attached hydrogens (tertiary/aromatic N) is 1. The Morgan fingerprint density at radius 1 is 1.24 bits per heavy atom. The SMILES string of the molecule is Cc1nc(-c2ccccc2)sc1C(=O)NC1CCCCC1CN.Cl.Cl. The zero-order valence-corrected chi connectivity index (χ0v) is 16.7. The molecule has 3 N–H and O–H groups in total. The number of amides is 1. The van der Waals surface area contributed by atoms with Crippen molar-refractivity contribution in [1.29, 1.82) is 0 Å². The van der Waals surface area contributed by atoms with Crippen molar-refractivity contribution in [2.45, 2.75) is 38.6 Å². The number of nitrogens with two attached hydrogens (primary N) is 1. The van der Waals surface area contributed by atoms with E-state index >= 15 is 0 Å². The highest BCUT2D eigenvalue weighted by molar-refractivity contribution is 7.17. The highest BCUT2D eigenvalue weighted by atomic mass is 35.5. The van der Waals surface area contributed by atoms with Crippen LogP contribution in [0, 0.1) is 12.8 Å². The Labute approximate surface area is 165 Å². The Morgan fingerprint density at radius 2 is 1.92 bits per heavy atom. The van der Waals surface area contributed by atoms with Crippen LogP contribution in [0.4, 0.5) is 0 Å². The topological polar surface area (TPSA) is 68.0 Å². The third-order valence-corrected chi connectivity index (χ3v) is 5.76. The number of carbonyl (C=O) groups excluding carboxylic acids is 1. The summed E-state index contributed by atoms with van der Waals surface area (Å²) in [6.07, 6.45) is 4.51. The summed E-state index contributed by atoms with van der Waals surface area (Å²) in [7, 11) is 0. The lowest BCUT2D eigenvalue weighted by molar-refractivity contribution is 0.0911. The first kappa shape index (κ1) is 21.9. The van der Waals surface area contributed by atoms with Crippen molar-refractivity contribution in [3.05, 3.63) is 40.9 Å². The second-order valence-electron chi connectivity index (χ2n) is 6.16. The van der Waals surface area contributed by atoms with E-state index in [1.54, 1.807) is 0 Å². The van der Waals surface area contributed by atoms with E-state index in [4.69, 9.17) is 5.73 Å². The summed E-state index contributed by atoms with van der Waals surface area (Å²) in [5.74, 6) is 0.391. The molecule has 0 saturated heterocycles. The second kappa shape index (κ2) is 10.1. The van der Waals surface area contributed by atoms with Gasteiger partial charge in [0.05, 0.1) is 5.69 Å². The second-order valence-corrected chi connectivity index (χ2v) is 7.16. The molecule has 1 heterocycles. The lowest BCUT2D eigenvalue weighted by Crippen LogP contribution is -2.44. The minimum Gasteiger partial charge on any atom is -0.348 e. The molecule has 1 aliphatic carbocycles. The van der Waals surface area contributed by atoms with E-state index in [-0.39, 0.29) is 36.8 Å². The summed E-state index contributed by atoms with van der Waals surface area (Å²) < 4.78 is 0. The van der Waals surface area contributed by atoms with Crippen molar-refractivity contribution in [2.75, 3.05) is 6.54 Å². The van der Waals surface area contributed by atoms with Crippen LogP contribution < -0.4 is 11.1 Å². The van der Waals surface area contributed by atoms with Gasteiger partial charge in [0.1, 0.15) is 9.88 Å². The maximum Gasteiger partial charge on any atom is 0.263 e. The average Bonchev–Trinajstić information content (AvgIpc) is 2.98. The number of nitrogens with one attached hydrogen (secondary N) is 1. The first-order valence-corrected chi connectivity index (χ1v) is 9.04. The number of rotatable bonds is 4. The van der Waals surface area contributed by atoms with Gasteiger partial charge in [0, 0.05) is 11.6 Å². The summed E-state index contributed by atoms with van der Waals surface area (Å²) in [5, 5.41) is 4.09. The smallest absolute Gasteiger partial charge is 0.263 e. The molecule has 1 aromatic heterocycles. The molecule has 138 valence electrons. The number of aromatic nitrogens is 1. The van der Waals surface area contributed by atoms with Crippen molar-refractivity contribution in [3.8, 4) is 10.6 Å². The standard InChI is InChI=1S/C18H23N3OS.2ClH/c1-12-16(23-18(20-12)13-7-3-2-4-8-13)17(22)21-15-10-6-5-9-14(15)11-19;;/h2-4,7-8,14-15H,5-6,9-11,19H2,1H3,(H,21,22);2*1H. The minimum absolute atomic E-state index is 0. The third-order valence-electron chi connectivity index (χ3n) is 4.55. The summed E-state index contributed by atoms with van der Waals surface area (Å²) in [5.41, 5.74) is 7.71. The maximum absolute atomic E-state index is 12.7. The predicted molar refractivity (Wildman–Crippen MR) is 109 cm³/mol. The van der Waals surface area contributed by atoms with E-state index in [1.807, 2.05) is 37.3 Å². The largest absolute Gasteiger partial charge is 0.348 e. The molecular weight excluding hydrogens is 377 g/mol. The predicted octanol–water partition coefficient (Wildman–Crippen LogP) is 4.21. The number of hydrogen-bond acceptors (Lipinski definition) is 4. The Kier molecular flexibility index (Phi) is 8.86. The summed E-state index contributed by atoms with van der Waals surface area (Å²) >= 11 is 1.46. The van der Waals surface area contributed by atoms with E-state index < -0.39 is 0 Å². The molecule has 1 aromatic carbocycles. The molecule has 1 fully saturated rings. The van der Waals surface area contributed by atoms with Gasteiger partial charge in [0.25, 0.3) is 5.91 Å². The Bertz CT molecular complexity index is 678. The van der Waals surface area contributed by atoms with Crippen molar-refractivity contribution in [3.63, 3.8) is 0 Å². The molecule has 1 aliphatic rings. The third kappa shape index (κ3) is 5.17. The highest BCUT2D eigenvalue weighted by Crippen LogP contribution is 2.29. The van der Waals surface area contributed by atoms with E-state index in [9.17, 15) is 4.79 Å². The van der Waals surface area contributed by atoms with Crippen LogP contribution in [-0.4, -0.2) is 23.5 Å². The molecule has 25 heavy (non-hydrogen) atoms. The van der Waals surface area contributed by atoms with E-state index in [2.05, 4.69) is 10.3 Å². The molecule has 1 amide bonds. The van der Waals surface area contributed by atoms with Crippen LogP contribution in [0.3, 0.4) is 0 Å². The van der Waals surface area contributed by atoms with Crippen LogP contribution in [0.1, 0.15) is 41.0 Å². The van der Waals surface area contributed by atoms with Gasteiger partial charge in [-0.25, -0.2) is 4.98 Å². The van der Waals surface area contributed by atoms with Crippen LogP contribution in [0.25, 0.3) is 10.6 Å². The molecular formula is C18H25Cl2N3OS. The molecule has 0 aliphatic heterocycles. The summed E-state index contributed by atoms with van der Waals surface area (Å²) in [6.45, 7) is 2.54. The number of benzene rings is 1.